The Kier molecular flexibility index (Phi) is 3.79. The van der Waals surface area contributed by atoms with Crippen LogP contribution in [0.25, 0.3) is 6.08 Å². The van der Waals surface area contributed by atoms with E-state index in [2.05, 4.69) is 5.32 Å². The molecule has 0 bridgehead atoms. The molecule has 6 nitrogen and oxygen atoms in total. The van der Waals surface area contributed by atoms with Gasteiger partial charge in [-0.05, 0) is 29.8 Å². The van der Waals surface area contributed by atoms with Crippen molar-refractivity contribution in [1.82, 2.24) is 5.32 Å². The highest BCUT2D eigenvalue weighted by molar-refractivity contribution is 6.01. The summed E-state index contributed by atoms with van der Waals surface area (Å²) in [5.41, 5.74) is 1.54. The molecule has 1 amide bonds. The van der Waals surface area contributed by atoms with Crippen LogP contribution < -0.4 is 14.8 Å². The molecule has 110 valence electrons. The summed E-state index contributed by atoms with van der Waals surface area (Å²) in [6.07, 6.45) is 4.41. The number of carbonyl (C=O) groups excluding carboxylic acids is 1. The van der Waals surface area contributed by atoms with Crippen molar-refractivity contribution in [3.63, 3.8) is 0 Å². The van der Waals surface area contributed by atoms with E-state index in [-0.39, 0.29) is 12.4 Å². The van der Waals surface area contributed by atoms with Crippen LogP contribution >= 0.6 is 0 Å². The van der Waals surface area contributed by atoms with E-state index in [1.54, 1.807) is 18.2 Å². The molecule has 0 aliphatic carbocycles. The number of benzene rings is 1. The van der Waals surface area contributed by atoms with Crippen LogP contribution in [0.4, 0.5) is 0 Å². The van der Waals surface area contributed by atoms with E-state index in [0.29, 0.717) is 23.6 Å². The van der Waals surface area contributed by atoms with Crippen LogP contribution in [0, 0.1) is 11.3 Å². The van der Waals surface area contributed by atoms with Crippen molar-refractivity contribution in [2.24, 2.45) is 0 Å². The molecule has 2 heterocycles. The summed E-state index contributed by atoms with van der Waals surface area (Å²) in [6.45, 7) is 0.497. The van der Waals surface area contributed by atoms with Gasteiger partial charge in [0.2, 0.25) is 6.79 Å². The lowest BCUT2D eigenvalue weighted by Gasteiger charge is -2.05. The second kappa shape index (κ2) is 6.06. The molecular formula is C16H12N2O4. The van der Waals surface area contributed by atoms with E-state index in [0.717, 1.165) is 5.56 Å². The minimum atomic E-state index is -0.443. The molecule has 1 N–H and O–H groups in total. The number of furan rings is 1. The Labute approximate surface area is 126 Å². The molecule has 1 aromatic carbocycles. The fraction of sp³-hybridized carbons (Fsp3) is 0.125. The van der Waals surface area contributed by atoms with Gasteiger partial charge in [-0.1, -0.05) is 6.07 Å². The van der Waals surface area contributed by atoms with Crippen LogP contribution in [0.15, 0.2) is 46.8 Å². The molecular weight excluding hydrogens is 284 g/mol. The van der Waals surface area contributed by atoms with E-state index < -0.39 is 5.91 Å². The van der Waals surface area contributed by atoms with Gasteiger partial charge in [0.1, 0.15) is 11.6 Å². The molecule has 1 aromatic heterocycles. The van der Waals surface area contributed by atoms with E-state index in [9.17, 15) is 4.79 Å². The molecule has 0 radical (unpaired) electrons. The molecule has 3 rings (SSSR count). The molecule has 0 atom stereocenters. The van der Waals surface area contributed by atoms with Crippen molar-refractivity contribution in [3.05, 3.63) is 53.5 Å². The van der Waals surface area contributed by atoms with Gasteiger partial charge in [-0.15, -0.1) is 0 Å². The minimum Gasteiger partial charge on any atom is -0.472 e. The number of fused-ring (bicyclic) bond motifs is 1. The molecule has 0 fully saturated rings. The zero-order valence-corrected chi connectivity index (χ0v) is 11.5. The summed E-state index contributed by atoms with van der Waals surface area (Å²) >= 11 is 0. The number of hydrogen-bond acceptors (Lipinski definition) is 5. The van der Waals surface area contributed by atoms with Gasteiger partial charge < -0.3 is 19.2 Å². The van der Waals surface area contributed by atoms with Gasteiger partial charge in [0.25, 0.3) is 5.91 Å². The standard InChI is InChI=1S/C16H12N2O4/c17-7-13(5-12-3-4-20-9-12)16(19)18-8-11-1-2-14-15(6-11)22-10-21-14/h1-6,9H,8,10H2,(H,18,19)/b13-5+. The summed E-state index contributed by atoms with van der Waals surface area (Å²) < 4.78 is 15.4. The molecule has 1 aliphatic heterocycles. The Morgan fingerprint density at radius 3 is 2.95 bits per heavy atom. The number of carbonyl (C=O) groups is 1. The lowest BCUT2D eigenvalue weighted by atomic mass is 10.1. The number of nitriles is 1. The van der Waals surface area contributed by atoms with Crippen LogP contribution in [0.3, 0.4) is 0 Å². The maximum Gasteiger partial charge on any atom is 0.262 e. The molecule has 22 heavy (non-hydrogen) atoms. The van der Waals surface area contributed by atoms with Gasteiger partial charge in [0.05, 0.1) is 12.5 Å². The van der Waals surface area contributed by atoms with E-state index >= 15 is 0 Å². The molecule has 6 heteroatoms. The van der Waals surface area contributed by atoms with Gasteiger partial charge in [0, 0.05) is 12.1 Å². The van der Waals surface area contributed by atoms with Gasteiger partial charge in [-0.3, -0.25) is 4.79 Å². The third-order valence-electron chi connectivity index (χ3n) is 3.11. The highest BCUT2D eigenvalue weighted by atomic mass is 16.7. The number of ether oxygens (including phenoxy) is 2. The molecule has 0 unspecified atom stereocenters. The van der Waals surface area contributed by atoms with Crippen molar-refractivity contribution in [1.29, 1.82) is 5.26 Å². The summed E-state index contributed by atoms with van der Waals surface area (Å²) in [5.74, 6) is 0.898. The van der Waals surface area contributed by atoms with Crippen LogP contribution in [0.1, 0.15) is 11.1 Å². The normalized spacial score (nSPS) is 12.8. The summed E-state index contributed by atoms with van der Waals surface area (Å²) in [4.78, 5) is 12.0. The van der Waals surface area contributed by atoms with Crippen molar-refractivity contribution in [3.8, 4) is 17.6 Å². The Morgan fingerprint density at radius 2 is 2.18 bits per heavy atom. The van der Waals surface area contributed by atoms with Gasteiger partial charge in [-0.2, -0.15) is 5.26 Å². The zero-order valence-electron chi connectivity index (χ0n) is 11.5. The van der Waals surface area contributed by atoms with Crippen molar-refractivity contribution < 1.29 is 18.7 Å². The van der Waals surface area contributed by atoms with E-state index in [1.807, 2.05) is 12.1 Å². The van der Waals surface area contributed by atoms with Crippen LogP contribution in [0.5, 0.6) is 11.5 Å². The molecule has 2 aromatic rings. The number of nitrogens with zero attached hydrogens (tertiary/aromatic N) is 1. The minimum absolute atomic E-state index is 0.0159. The van der Waals surface area contributed by atoms with Crippen LogP contribution in [0.2, 0.25) is 0 Å². The molecule has 0 saturated heterocycles. The summed E-state index contributed by atoms with van der Waals surface area (Å²) in [7, 11) is 0. The first-order valence-corrected chi connectivity index (χ1v) is 6.57. The van der Waals surface area contributed by atoms with E-state index in [4.69, 9.17) is 19.2 Å². The van der Waals surface area contributed by atoms with Gasteiger partial charge >= 0.3 is 0 Å². The summed E-state index contributed by atoms with van der Waals surface area (Å²) in [6, 6.07) is 8.97. The Bertz CT molecular complexity index is 757. The van der Waals surface area contributed by atoms with Crippen LogP contribution in [-0.4, -0.2) is 12.7 Å². The molecule has 0 saturated carbocycles. The first-order chi connectivity index (χ1) is 10.8. The maximum absolute atomic E-state index is 12.0. The van der Waals surface area contributed by atoms with E-state index in [1.165, 1.54) is 18.6 Å². The Balaban J connectivity index is 1.65. The number of amides is 1. The third kappa shape index (κ3) is 2.94. The van der Waals surface area contributed by atoms with Gasteiger partial charge in [-0.25, -0.2) is 0 Å². The quantitative estimate of drug-likeness (QED) is 0.691. The largest absolute Gasteiger partial charge is 0.472 e. The fourth-order valence-corrected chi connectivity index (χ4v) is 2.00. The first kappa shape index (κ1) is 13.8. The Morgan fingerprint density at radius 1 is 1.32 bits per heavy atom. The summed E-state index contributed by atoms with van der Waals surface area (Å²) in [5, 5.41) is 11.8. The predicted molar refractivity (Wildman–Crippen MR) is 76.7 cm³/mol. The van der Waals surface area contributed by atoms with Crippen LogP contribution in [-0.2, 0) is 11.3 Å². The average Bonchev–Trinajstić information content (AvgIpc) is 3.20. The Hall–Kier alpha value is -3.20. The molecule has 1 aliphatic rings. The predicted octanol–water partition coefficient (Wildman–Crippen LogP) is 2.23. The second-order valence-electron chi connectivity index (χ2n) is 4.60. The fourth-order valence-electron chi connectivity index (χ4n) is 2.00. The number of rotatable bonds is 4. The lowest BCUT2D eigenvalue weighted by molar-refractivity contribution is -0.117. The maximum atomic E-state index is 12.0. The second-order valence-corrected chi connectivity index (χ2v) is 4.60. The van der Waals surface area contributed by atoms with Crippen molar-refractivity contribution in [2.45, 2.75) is 6.54 Å². The SMILES string of the molecule is N#C/C(=C\c1ccoc1)C(=O)NCc1ccc2c(c1)OCO2. The third-order valence-corrected chi connectivity index (χ3v) is 3.11. The zero-order chi connectivity index (χ0) is 15.4. The monoisotopic (exact) mass is 296 g/mol. The highest BCUT2D eigenvalue weighted by Gasteiger charge is 2.14. The first-order valence-electron chi connectivity index (χ1n) is 6.57. The highest BCUT2D eigenvalue weighted by Crippen LogP contribution is 2.32. The average molecular weight is 296 g/mol. The molecule has 0 spiro atoms. The topological polar surface area (TPSA) is 84.5 Å². The smallest absolute Gasteiger partial charge is 0.262 e. The number of hydrogen-bond donors (Lipinski definition) is 1. The van der Waals surface area contributed by atoms with Crippen molar-refractivity contribution in [2.75, 3.05) is 6.79 Å². The lowest BCUT2D eigenvalue weighted by Crippen LogP contribution is -2.23. The van der Waals surface area contributed by atoms with Crippen molar-refractivity contribution >= 4 is 12.0 Å². The van der Waals surface area contributed by atoms with Gasteiger partial charge in [0.15, 0.2) is 11.5 Å². The number of nitrogens with one attached hydrogen (secondary N) is 1.